The summed E-state index contributed by atoms with van der Waals surface area (Å²) >= 11 is 0. The van der Waals surface area contributed by atoms with E-state index in [0.717, 1.165) is 30.5 Å². The lowest BCUT2D eigenvalue weighted by Crippen LogP contribution is -2.32. The van der Waals surface area contributed by atoms with Crippen LogP contribution in [0.2, 0.25) is 0 Å². The summed E-state index contributed by atoms with van der Waals surface area (Å²) < 4.78 is 5.12. The van der Waals surface area contributed by atoms with Crippen LogP contribution >= 0.6 is 0 Å². The number of nitrogens with zero attached hydrogens (tertiary/aromatic N) is 2. The van der Waals surface area contributed by atoms with Crippen molar-refractivity contribution in [3.63, 3.8) is 0 Å². The fourth-order valence-electron chi connectivity index (χ4n) is 2.81. The Hall–Kier alpha value is -3.42. The predicted octanol–water partition coefficient (Wildman–Crippen LogP) is 3.11. The molecular formula is C19H18N2O6. The van der Waals surface area contributed by atoms with E-state index in [0.29, 0.717) is 12.3 Å². The summed E-state index contributed by atoms with van der Waals surface area (Å²) in [4.78, 5) is 36.3. The lowest BCUT2D eigenvalue weighted by atomic mass is 10.1. The van der Waals surface area contributed by atoms with Crippen LogP contribution in [0, 0.1) is 10.1 Å². The lowest BCUT2D eigenvalue weighted by molar-refractivity contribution is -0.384. The van der Waals surface area contributed by atoms with Gasteiger partial charge in [0.2, 0.25) is 0 Å². The minimum absolute atomic E-state index is 0.00186. The van der Waals surface area contributed by atoms with Gasteiger partial charge in [-0.1, -0.05) is 12.1 Å². The van der Waals surface area contributed by atoms with Crippen LogP contribution in [-0.4, -0.2) is 40.0 Å². The van der Waals surface area contributed by atoms with E-state index in [-0.39, 0.29) is 17.2 Å². The zero-order chi connectivity index (χ0) is 19.6. The van der Waals surface area contributed by atoms with Crippen molar-refractivity contribution in [1.82, 2.24) is 4.90 Å². The summed E-state index contributed by atoms with van der Waals surface area (Å²) in [6.07, 6.45) is 1.70. The third kappa shape index (κ3) is 4.22. The molecule has 0 spiro atoms. The van der Waals surface area contributed by atoms with E-state index < -0.39 is 22.5 Å². The molecule has 1 aliphatic carbocycles. The summed E-state index contributed by atoms with van der Waals surface area (Å²) in [6, 6.07) is 10.6. The van der Waals surface area contributed by atoms with E-state index >= 15 is 0 Å². The third-order valence-corrected chi connectivity index (χ3v) is 4.38. The van der Waals surface area contributed by atoms with Gasteiger partial charge in [-0.2, -0.15) is 0 Å². The van der Waals surface area contributed by atoms with Gasteiger partial charge >= 0.3 is 5.97 Å². The Labute approximate surface area is 155 Å². The first-order valence-electron chi connectivity index (χ1n) is 8.35. The predicted molar refractivity (Wildman–Crippen MR) is 95.9 cm³/mol. The number of hydrogen-bond acceptors (Lipinski definition) is 5. The number of nitro groups is 1. The van der Waals surface area contributed by atoms with Crippen molar-refractivity contribution >= 4 is 17.6 Å². The van der Waals surface area contributed by atoms with Gasteiger partial charge in [0.05, 0.1) is 17.6 Å². The van der Waals surface area contributed by atoms with Crippen molar-refractivity contribution in [2.45, 2.75) is 25.4 Å². The van der Waals surface area contributed by atoms with Gasteiger partial charge in [0.15, 0.2) is 0 Å². The molecule has 3 rings (SSSR count). The summed E-state index contributed by atoms with van der Waals surface area (Å²) in [7, 11) is 1.57. The third-order valence-electron chi connectivity index (χ3n) is 4.38. The van der Waals surface area contributed by atoms with Crippen LogP contribution in [0.25, 0.3) is 0 Å². The molecule has 0 saturated heterocycles. The van der Waals surface area contributed by atoms with Gasteiger partial charge < -0.3 is 14.7 Å². The lowest BCUT2D eigenvalue weighted by Gasteiger charge is -2.23. The van der Waals surface area contributed by atoms with Gasteiger partial charge in [-0.3, -0.25) is 14.9 Å². The second-order valence-corrected chi connectivity index (χ2v) is 6.34. The van der Waals surface area contributed by atoms with Crippen LogP contribution in [0.4, 0.5) is 5.69 Å². The minimum Gasteiger partial charge on any atom is -0.497 e. The topological polar surface area (TPSA) is 110 Å². The summed E-state index contributed by atoms with van der Waals surface area (Å²) in [5.41, 5.74) is 0.188. The number of nitro benzene ring substituents is 1. The van der Waals surface area contributed by atoms with Gasteiger partial charge in [0, 0.05) is 30.3 Å². The SMILES string of the molecule is COc1ccc(CN(C(=O)c2cc(C(=O)O)cc([N+](=O)[O-])c2)C2CC2)cc1. The van der Waals surface area contributed by atoms with E-state index in [1.165, 1.54) is 6.07 Å². The molecule has 0 unspecified atom stereocenters. The smallest absolute Gasteiger partial charge is 0.335 e. The Balaban J connectivity index is 1.90. The number of non-ortho nitro benzene ring substituents is 1. The summed E-state index contributed by atoms with van der Waals surface area (Å²) in [5.74, 6) is -1.03. The Morgan fingerprint density at radius 2 is 1.81 bits per heavy atom. The molecule has 0 bridgehead atoms. The van der Waals surface area contributed by atoms with Gasteiger partial charge in [-0.25, -0.2) is 4.79 Å². The molecule has 0 aromatic heterocycles. The first kappa shape index (κ1) is 18.4. The zero-order valence-corrected chi connectivity index (χ0v) is 14.6. The van der Waals surface area contributed by atoms with Crippen molar-refractivity contribution in [3.8, 4) is 5.75 Å². The average Bonchev–Trinajstić information content (AvgIpc) is 3.50. The van der Waals surface area contributed by atoms with Gasteiger partial charge in [0.1, 0.15) is 5.75 Å². The molecule has 0 radical (unpaired) electrons. The fourth-order valence-corrected chi connectivity index (χ4v) is 2.81. The summed E-state index contributed by atoms with van der Waals surface area (Å²) in [5, 5.41) is 20.3. The van der Waals surface area contributed by atoms with Crippen LogP contribution in [0.5, 0.6) is 5.75 Å². The number of aromatic carboxylic acids is 1. The Morgan fingerprint density at radius 3 is 2.33 bits per heavy atom. The van der Waals surface area contributed by atoms with Gasteiger partial charge in [-0.05, 0) is 36.6 Å². The normalized spacial score (nSPS) is 13.1. The van der Waals surface area contributed by atoms with Crippen LogP contribution in [0.1, 0.15) is 39.1 Å². The van der Waals surface area contributed by atoms with Crippen molar-refractivity contribution < 1.29 is 24.4 Å². The highest BCUT2D eigenvalue weighted by Crippen LogP contribution is 2.31. The number of carbonyl (C=O) groups is 2. The van der Waals surface area contributed by atoms with Crippen LogP contribution < -0.4 is 4.74 Å². The molecule has 140 valence electrons. The van der Waals surface area contributed by atoms with Crippen molar-refractivity contribution in [3.05, 3.63) is 69.3 Å². The molecule has 8 heteroatoms. The maximum Gasteiger partial charge on any atom is 0.335 e. The summed E-state index contributed by atoms with van der Waals surface area (Å²) in [6.45, 7) is 0.332. The quantitative estimate of drug-likeness (QED) is 0.592. The molecule has 8 nitrogen and oxygen atoms in total. The van der Waals surface area contributed by atoms with Crippen LogP contribution in [0.15, 0.2) is 42.5 Å². The molecule has 0 heterocycles. The standard InChI is InChI=1S/C19H18N2O6/c1-27-17-6-2-12(3-7-17)11-20(15-4-5-15)18(22)13-8-14(19(23)24)10-16(9-13)21(25)26/h2-3,6-10,15H,4-5,11H2,1H3,(H,23,24). The highest BCUT2D eigenvalue weighted by molar-refractivity contribution is 5.98. The maximum atomic E-state index is 13.0. The number of hydrogen-bond donors (Lipinski definition) is 1. The van der Waals surface area contributed by atoms with Gasteiger partial charge in [-0.15, -0.1) is 0 Å². The molecule has 1 N–H and O–H groups in total. The molecule has 1 fully saturated rings. The molecule has 1 aliphatic rings. The fraction of sp³-hybridized carbons (Fsp3) is 0.263. The van der Waals surface area contributed by atoms with E-state index in [4.69, 9.17) is 4.74 Å². The molecule has 2 aromatic rings. The number of ether oxygens (including phenoxy) is 1. The van der Waals surface area contributed by atoms with E-state index in [2.05, 4.69) is 0 Å². The number of rotatable bonds is 7. The van der Waals surface area contributed by atoms with Crippen molar-refractivity contribution in [2.24, 2.45) is 0 Å². The molecule has 0 aliphatic heterocycles. The zero-order valence-electron chi connectivity index (χ0n) is 14.6. The number of amides is 1. The molecular weight excluding hydrogens is 352 g/mol. The first-order chi connectivity index (χ1) is 12.9. The molecule has 1 saturated carbocycles. The van der Waals surface area contributed by atoms with Crippen molar-refractivity contribution in [1.29, 1.82) is 0 Å². The Morgan fingerprint density at radius 1 is 1.19 bits per heavy atom. The van der Waals surface area contributed by atoms with Gasteiger partial charge in [0.25, 0.3) is 11.6 Å². The molecule has 1 amide bonds. The van der Waals surface area contributed by atoms with Crippen molar-refractivity contribution in [2.75, 3.05) is 7.11 Å². The highest BCUT2D eigenvalue weighted by atomic mass is 16.6. The number of carboxylic acids is 1. The van der Waals surface area contributed by atoms with Crippen LogP contribution in [-0.2, 0) is 6.54 Å². The molecule has 0 atom stereocenters. The van der Waals surface area contributed by atoms with E-state index in [1.807, 2.05) is 12.1 Å². The number of benzene rings is 2. The second-order valence-electron chi connectivity index (χ2n) is 6.34. The number of carboxylic acid groups (broad SMARTS) is 1. The largest absolute Gasteiger partial charge is 0.497 e. The molecule has 27 heavy (non-hydrogen) atoms. The average molecular weight is 370 g/mol. The highest BCUT2D eigenvalue weighted by Gasteiger charge is 2.34. The Kier molecular flexibility index (Phi) is 5.07. The monoisotopic (exact) mass is 370 g/mol. The number of carbonyl (C=O) groups excluding carboxylic acids is 1. The van der Waals surface area contributed by atoms with Crippen LogP contribution in [0.3, 0.4) is 0 Å². The minimum atomic E-state index is -1.32. The second kappa shape index (κ2) is 7.45. The number of methoxy groups -OCH3 is 1. The van der Waals surface area contributed by atoms with E-state index in [1.54, 1.807) is 24.1 Å². The molecule has 2 aromatic carbocycles. The van der Waals surface area contributed by atoms with E-state index in [9.17, 15) is 24.8 Å². The Bertz CT molecular complexity index is 857. The maximum absolute atomic E-state index is 13.0. The first-order valence-corrected chi connectivity index (χ1v) is 8.35.